The van der Waals surface area contributed by atoms with Crippen LogP contribution in [0.15, 0.2) is 29.3 Å². The van der Waals surface area contributed by atoms with Crippen molar-refractivity contribution in [2.75, 3.05) is 25.0 Å². The maximum Gasteiger partial charge on any atom is 0.339 e. The Balaban J connectivity index is 1.50. The van der Waals surface area contributed by atoms with E-state index in [-0.39, 0.29) is 30.4 Å². The molecule has 1 saturated heterocycles. The van der Waals surface area contributed by atoms with Gasteiger partial charge in [0.25, 0.3) is 5.91 Å². The van der Waals surface area contributed by atoms with Crippen LogP contribution in [0.25, 0.3) is 0 Å². The number of rotatable bonds is 5. The molecule has 2 aliphatic rings. The zero-order chi connectivity index (χ0) is 19.2. The molecule has 1 fully saturated rings. The van der Waals surface area contributed by atoms with Crippen molar-refractivity contribution in [1.82, 2.24) is 4.90 Å². The summed E-state index contributed by atoms with van der Waals surface area (Å²) in [5.74, 6) is -1.17. The number of benzene rings is 1. The first kappa shape index (κ1) is 18.9. The van der Waals surface area contributed by atoms with E-state index in [4.69, 9.17) is 10.00 Å². The van der Waals surface area contributed by atoms with Gasteiger partial charge in [0.2, 0.25) is 5.91 Å². The fraction of sp³-hybridized carbons (Fsp3) is 0.389. The Hall–Kier alpha value is -2.86. The SMILES string of the molecule is N#CCOC(=O)c1ccc(NC(=O)C[C@@H]2SC(N3CCCC3)=NC2=O)cc1. The number of likely N-dealkylation sites (tertiary alicyclic amines) is 1. The molecule has 9 heteroatoms. The molecule has 0 unspecified atom stereocenters. The van der Waals surface area contributed by atoms with Gasteiger partial charge in [0, 0.05) is 25.2 Å². The zero-order valence-electron chi connectivity index (χ0n) is 14.5. The topological polar surface area (TPSA) is 112 Å². The number of esters is 1. The molecule has 1 N–H and O–H groups in total. The Bertz CT molecular complexity index is 810. The lowest BCUT2D eigenvalue weighted by molar-refractivity contribution is -0.121. The monoisotopic (exact) mass is 386 g/mol. The molecule has 2 aliphatic heterocycles. The predicted molar refractivity (Wildman–Crippen MR) is 100 cm³/mol. The van der Waals surface area contributed by atoms with Gasteiger partial charge >= 0.3 is 5.97 Å². The first-order chi connectivity index (χ1) is 13.1. The number of hydrogen-bond donors (Lipinski definition) is 1. The van der Waals surface area contributed by atoms with E-state index in [1.54, 1.807) is 18.2 Å². The van der Waals surface area contributed by atoms with Gasteiger partial charge in [-0.1, -0.05) is 11.8 Å². The van der Waals surface area contributed by atoms with Gasteiger partial charge < -0.3 is 15.0 Å². The highest BCUT2D eigenvalue weighted by atomic mass is 32.2. The summed E-state index contributed by atoms with van der Waals surface area (Å²) < 4.78 is 4.71. The molecule has 0 spiro atoms. The maximum atomic E-state index is 12.2. The van der Waals surface area contributed by atoms with Crippen LogP contribution in [0.3, 0.4) is 0 Å². The number of amidine groups is 1. The summed E-state index contributed by atoms with van der Waals surface area (Å²) in [7, 11) is 0. The Labute approximate surface area is 160 Å². The van der Waals surface area contributed by atoms with Crippen molar-refractivity contribution < 1.29 is 19.1 Å². The quantitative estimate of drug-likeness (QED) is 0.768. The van der Waals surface area contributed by atoms with E-state index in [9.17, 15) is 14.4 Å². The molecule has 2 heterocycles. The van der Waals surface area contributed by atoms with Gasteiger partial charge in [-0.25, -0.2) is 4.79 Å². The molecule has 2 amide bonds. The molecule has 1 aromatic carbocycles. The zero-order valence-corrected chi connectivity index (χ0v) is 15.3. The van der Waals surface area contributed by atoms with Gasteiger partial charge in [-0.2, -0.15) is 10.3 Å². The number of nitrogens with zero attached hydrogens (tertiary/aromatic N) is 3. The first-order valence-corrected chi connectivity index (χ1v) is 9.43. The molecule has 140 valence electrons. The van der Waals surface area contributed by atoms with Crippen LogP contribution in [0.1, 0.15) is 29.6 Å². The summed E-state index contributed by atoms with van der Waals surface area (Å²) in [6.45, 7) is 1.49. The molecular weight excluding hydrogens is 368 g/mol. The third-order valence-electron chi connectivity index (χ3n) is 4.15. The van der Waals surface area contributed by atoms with Crippen LogP contribution in [0.4, 0.5) is 5.69 Å². The summed E-state index contributed by atoms with van der Waals surface area (Å²) in [5, 5.41) is 11.3. The van der Waals surface area contributed by atoms with Crippen LogP contribution >= 0.6 is 11.8 Å². The third-order valence-corrected chi connectivity index (χ3v) is 5.36. The van der Waals surface area contributed by atoms with Crippen LogP contribution in [0.2, 0.25) is 0 Å². The van der Waals surface area contributed by atoms with Crippen molar-refractivity contribution in [2.45, 2.75) is 24.5 Å². The minimum absolute atomic E-state index is 0.0380. The molecule has 0 radical (unpaired) electrons. The largest absolute Gasteiger partial charge is 0.447 e. The maximum absolute atomic E-state index is 12.2. The van der Waals surface area contributed by atoms with Gasteiger partial charge in [-0.3, -0.25) is 9.59 Å². The Kier molecular flexibility index (Phi) is 6.08. The molecule has 0 saturated carbocycles. The van der Waals surface area contributed by atoms with Gasteiger partial charge in [0.15, 0.2) is 11.8 Å². The lowest BCUT2D eigenvalue weighted by Crippen LogP contribution is -2.25. The number of ether oxygens (including phenoxy) is 1. The van der Waals surface area contributed by atoms with Crippen molar-refractivity contribution in [3.63, 3.8) is 0 Å². The van der Waals surface area contributed by atoms with Crippen molar-refractivity contribution in [3.8, 4) is 6.07 Å². The number of thioether (sulfide) groups is 1. The summed E-state index contributed by atoms with van der Waals surface area (Å²) >= 11 is 1.35. The highest BCUT2D eigenvalue weighted by molar-refractivity contribution is 8.15. The number of nitrogens with one attached hydrogen (secondary N) is 1. The number of carbonyl (C=O) groups is 3. The van der Waals surface area contributed by atoms with E-state index < -0.39 is 11.2 Å². The predicted octanol–water partition coefficient (Wildman–Crippen LogP) is 1.79. The van der Waals surface area contributed by atoms with Crippen LogP contribution < -0.4 is 5.32 Å². The van der Waals surface area contributed by atoms with E-state index in [1.165, 1.54) is 23.9 Å². The van der Waals surface area contributed by atoms with Crippen LogP contribution in [-0.4, -0.2) is 52.8 Å². The molecule has 0 bridgehead atoms. The Morgan fingerprint density at radius 1 is 1.30 bits per heavy atom. The Morgan fingerprint density at radius 2 is 2.00 bits per heavy atom. The molecule has 8 nitrogen and oxygen atoms in total. The minimum atomic E-state index is -0.603. The lowest BCUT2D eigenvalue weighted by Gasteiger charge is -2.16. The van der Waals surface area contributed by atoms with E-state index in [2.05, 4.69) is 15.2 Å². The fourth-order valence-electron chi connectivity index (χ4n) is 2.80. The van der Waals surface area contributed by atoms with Crippen molar-refractivity contribution in [1.29, 1.82) is 5.26 Å². The second-order valence-electron chi connectivity index (χ2n) is 6.10. The van der Waals surface area contributed by atoms with E-state index in [0.29, 0.717) is 5.69 Å². The van der Waals surface area contributed by atoms with Crippen molar-refractivity contribution >= 4 is 40.4 Å². The number of carbonyl (C=O) groups excluding carboxylic acids is 3. The van der Waals surface area contributed by atoms with E-state index in [1.807, 2.05) is 0 Å². The van der Waals surface area contributed by atoms with Gasteiger partial charge in [-0.15, -0.1) is 0 Å². The normalized spacial score (nSPS) is 18.8. The van der Waals surface area contributed by atoms with Gasteiger partial charge in [0.1, 0.15) is 11.3 Å². The number of aliphatic imine (C=N–C) groups is 1. The highest BCUT2D eigenvalue weighted by Gasteiger charge is 2.33. The number of amides is 2. The molecule has 0 aromatic heterocycles. The summed E-state index contributed by atoms with van der Waals surface area (Å²) in [6, 6.07) is 7.85. The number of anilines is 1. The van der Waals surface area contributed by atoms with Crippen LogP contribution in [-0.2, 0) is 14.3 Å². The second kappa shape index (κ2) is 8.68. The number of hydrogen-bond acceptors (Lipinski definition) is 7. The van der Waals surface area contributed by atoms with Crippen LogP contribution in [0.5, 0.6) is 0 Å². The average Bonchev–Trinajstić information content (AvgIpc) is 3.31. The minimum Gasteiger partial charge on any atom is -0.447 e. The average molecular weight is 386 g/mol. The highest BCUT2D eigenvalue weighted by Crippen LogP contribution is 2.29. The van der Waals surface area contributed by atoms with Gasteiger partial charge in [0.05, 0.1) is 5.56 Å². The third kappa shape index (κ3) is 4.86. The van der Waals surface area contributed by atoms with Crippen molar-refractivity contribution in [2.24, 2.45) is 4.99 Å². The van der Waals surface area contributed by atoms with E-state index >= 15 is 0 Å². The molecular formula is C18H18N4O4S. The number of nitriles is 1. The molecule has 0 aliphatic carbocycles. The van der Waals surface area contributed by atoms with Gasteiger partial charge in [-0.05, 0) is 37.1 Å². The fourth-order valence-corrected chi connectivity index (χ4v) is 3.92. The molecule has 1 aromatic rings. The molecule has 1 atom stereocenters. The lowest BCUT2D eigenvalue weighted by atomic mass is 10.2. The first-order valence-electron chi connectivity index (χ1n) is 8.55. The molecule has 3 rings (SSSR count). The summed E-state index contributed by atoms with van der Waals surface area (Å²) in [6.07, 6.45) is 2.23. The summed E-state index contributed by atoms with van der Waals surface area (Å²) in [5.41, 5.74) is 0.793. The standard InChI is InChI=1S/C18H18N4O4S/c19-7-10-26-17(25)12-3-5-13(6-4-12)20-15(23)11-14-16(24)21-18(27-14)22-8-1-2-9-22/h3-6,14H,1-2,8-11H2,(H,20,23)/t14-/m0/s1. The summed E-state index contributed by atoms with van der Waals surface area (Å²) in [4.78, 5) is 42.1. The van der Waals surface area contributed by atoms with Crippen LogP contribution in [0, 0.1) is 11.3 Å². The smallest absolute Gasteiger partial charge is 0.339 e. The van der Waals surface area contributed by atoms with Crippen molar-refractivity contribution in [3.05, 3.63) is 29.8 Å². The molecule has 27 heavy (non-hydrogen) atoms. The second-order valence-corrected chi connectivity index (χ2v) is 7.27. The van der Waals surface area contributed by atoms with E-state index in [0.717, 1.165) is 31.1 Å². The Morgan fingerprint density at radius 3 is 2.67 bits per heavy atom.